The second-order valence-corrected chi connectivity index (χ2v) is 7.68. The van der Waals surface area contributed by atoms with Gasteiger partial charge in [0.15, 0.2) is 0 Å². The number of carbonyl (C=O) groups excluding carboxylic acids is 2. The number of benzene rings is 2. The molecular weight excluding hydrogens is 465 g/mol. The number of para-hydroxylation sites is 2. The lowest BCUT2D eigenvalue weighted by Crippen LogP contribution is -2.37. The number of likely N-dealkylation sites (N-methyl/N-ethyl adjacent to an activating group) is 1. The zero-order chi connectivity index (χ0) is 22.1. The van der Waals surface area contributed by atoms with E-state index >= 15 is 0 Å². The summed E-state index contributed by atoms with van der Waals surface area (Å²) in [5.74, 6) is -2.26. The van der Waals surface area contributed by atoms with Crippen LogP contribution in [0.5, 0.6) is 0 Å². The maximum atomic E-state index is 13.4. The van der Waals surface area contributed by atoms with Crippen LogP contribution in [0.4, 0.5) is 18.9 Å². The van der Waals surface area contributed by atoms with Crippen molar-refractivity contribution in [3.8, 4) is 0 Å². The zero-order valence-electron chi connectivity index (χ0n) is 16.1. The average molecular weight is 483 g/mol. The van der Waals surface area contributed by atoms with Gasteiger partial charge in [0, 0.05) is 17.2 Å². The van der Waals surface area contributed by atoms with E-state index in [1.54, 1.807) is 24.3 Å². The van der Waals surface area contributed by atoms with Gasteiger partial charge in [-0.3, -0.25) is 9.59 Å². The molecule has 0 spiro atoms. The van der Waals surface area contributed by atoms with E-state index in [-0.39, 0.29) is 17.6 Å². The fraction of sp³-hybridized carbons (Fsp3) is 0.250. The Kier molecular flexibility index (Phi) is 6.16. The van der Waals surface area contributed by atoms with E-state index in [1.807, 2.05) is 13.0 Å². The first-order valence-corrected chi connectivity index (χ1v) is 9.68. The van der Waals surface area contributed by atoms with Gasteiger partial charge in [0.2, 0.25) is 17.6 Å². The standard InChI is InChI=1S/C20H18BrF3N4O2/c1-12-9-13(21)7-8-14(12)25-17(29)10-27(2)18(30)11-28-16-6-4-3-5-15(16)26-19(28)20(22,23)24/h3-9H,10-11H2,1-2H3,(H,25,29). The van der Waals surface area contributed by atoms with Gasteiger partial charge in [-0.1, -0.05) is 28.1 Å². The molecule has 2 amide bonds. The molecule has 3 aromatic rings. The van der Waals surface area contributed by atoms with Crippen molar-refractivity contribution in [1.29, 1.82) is 0 Å². The van der Waals surface area contributed by atoms with Crippen molar-refractivity contribution in [2.24, 2.45) is 0 Å². The number of nitrogens with one attached hydrogen (secondary N) is 1. The third-order valence-electron chi connectivity index (χ3n) is 4.47. The molecule has 0 saturated carbocycles. The van der Waals surface area contributed by atoms with Crippen LogP contribution >= 0.6 is 15.9 Å². The number of imidazole rings is 1. The Balaban J connectivity index is 1.73. The van der Waals surface area contributed by atoms with Crippen molar-refractivity contribution < 1.29 is 22.8 Å². The van der Waals surface area contributed by atoms with Crippen LogP contribution in [0.3, 0.4) is 0 Å². The Labute approximate surface area is 178 Å². The van der Waals surface area contributed by atoms with E-state index in [0.29, 0.717) is 5.69 Å². The molecular formula is C20H18BrF3N4O2. The highest BCUT2D eigenvalue weighted by Crippen LogP contribution is 2.31. The lowest BCUT2D eigenvalue weighted by Gasteiger charge is -2.19. The van der Waals surface area contributed by atoms with E-state index in [1.165, 1.54) is 19.2 Å². The van der Waals surface area contributed by atoms with Gasteiger partial charge in [-0.15, -0.1) is 0 Å². The largest absolute Gasteiger partial charge is 0.449 e. The number of nitrogens with zero attached hydrogens (tertiary/aromatic N) is 3. The van der Waals surface area contributed by atoms with Gasteiger partial charge in [0.25, 0.3) is 0 Å². The van der Waals surface area contributed by atoms with E-state index in [4.69, 9.17) is 0 Å². The molecule has 30 heavy (non-hydrogen) atoms. The van der Waals surface area contributed by atoms with Crippen LogP contribution in [0.25, 0.3) is 11.0 Å². The number of hydrogen-bond donors (Lipinski definition) is 1. The minimum atomic E-state index is -4.71. The number of anilines is 1. The fourth-order valence-electron chi connectivity index (χ4n) is 2.97. The molecule has 0 unspecified atom stereocenters. The van der Waals surface area contributed by atoms with E-state index in [2.05, 4.69) is 26.2 Å². The first-order valence-electron chi connectivity index (χ1n) is 8.88. The summed E-state index contributed by atoms with van der Waals surface area (Å²) in [4.78, 5) is 29.5. The molecule has 0 aliphatic carbocycles. The fourth-order valence-corrected chi connectivity index (χ4v) is 3.44. The predicted octanol–water partition coefficient (Wildman–Crippen LogP) is 4.22. The van der Waals surface area contributed by atoms with Gasteiger partial charge in [0.1, 0.15) is 6.54 Å². The number of aromatic nitrogens is 2. The predicted molar refractivity (Wildman–Crippen MR) is 110 cm³/mol. The summed E-state index contributed by atoms with van der Waals surface area (Å²) in [6.45, 7) is 0.927. The minimum Gasteiger partial charge on any atom is -0.335 e. The molecule has 0 saturated heterocycles. The Morgan fingerprint density at radius 2 is 1.90 bits per heavy atom. The third-order valence-corrected chi connectivity index (χ3v) is 4.96. The third kappa shape index (κ3) is 4.81. The van der Waals surface area contributed by atoms with Crippen molar-refractivity contribution in [3.05, 3.63) is 58.3 Å². The number of halogens is 4. The highest BCUT2D eigenvalue weighted by atomic mass is 79.9. The molecule has 0 radical (unpaired) electrons. The summed E-state index contributed by atoms with van der Waals surface area (Å²) in [5, 5.41) is 2.69. The molecule has 3 rings (SSSR count). The number of alkyl halides is 3. The number of carbonyl (C=O) groups is 2. The van der Waals surface area contributed by atoms with Gasteiger partial charge in [-0.2, -0.15) is 13.2 Å². The lowest BCUT2D eigenvalue weighted by atomic mass is 10.2. The first kappa shape index (κ1) is 21.8. The number of rotatable bonds is 5. The monoisotopic (exact) mass is 482 g/mol. The van der Waals surface area contributed by atoms with Crippen molar-refractivity contribution >= 4 is 44.5 Å². The Morgan fingerprint density at radius 3 is 2.57 bits per heavy atom. The van der Waals surface area contributed by atoms with Gasteiger partial charge in [0.05, 0.1) is 17.6 Å². The average Bonchev–Trinajstić information content (AvgIpc) is 3.03. The van der Waals surface area contributed by atoms with Gasteiger partial charge in [-0.05, 0) is 42.8 Å². The number of hydrogen-bond acceptors (Lipinski definition) is 3. The molecule has 158 valence electrons. The molecule has 0 fully saturated rings. The number of fused-ring (bicyclic) bond motifs is 1. The molecule has 1 heterocycles. The van der Waals surface area contributed by atoms with Crippen LogP contribution in [0.15, 0.2) is 46.9 Å². The molecule has 10 heteroatoms. The summed E-state index contributed by atoms with van der Waals surface area (Å²) >= 11 is 3.33. The maximum Gasteiger partial charge on any atom is 0.449 e. The van der Waals surface area contributed by atoms with Gasteiger partial charge < -0.3 is 14.8 Å². The summed E-state index contributed by atoms with van der Waals surface area (Å²) in [7, 11) is 1.36. The van der Waals surface area contributed by atoms with Crippen molar-refractivity contribution in [1.82, 2.24) is 14.5 Å². The second kappa shape index (κ2) is 8.47. The smallest absolute Gasteiger partial charge is 0.335 e. The summed E-state index contributed by atoms with van der Waals surface area (Å²) < 4.78 is 41.8. The maximum absolute atomic E-state index is 13.4. The summed E-state index contributed by atoms with van der Waals surface area (Å²) in [5.41, 5.74) is 1.75. The van der Waals surface area contributed by atoms with Crippen LogP contribution in [-0.2, 0) is 22.3 Å². The molecule has 2 aromatic carbocycles. The summed E-state index contributed by atoms with van der Waals surface area (Å²) in [6, 6.07) is 11.4. The highest BCUT2D eigenvalue weighted by Gasteiger charge is 2.38. The van der Waals surface area contributed by atoms with Crippen molar-refractivity contribution in [2.45, 2.75) is 19.6 Å². The van der Waals surface area contributed by atoms with Crippen LogP contribution in [0.1, 0.15) is 11.4 Å². The molecule has 0 aliphatic rings. The van der Waals surface area contributed by atoms with E-state index in [0.717, 1.165) is 19.5 Å². The Hall–Kier alpha value is -2.88. The van der Waals surface area contributed by atoms with E-state index in [9.17, 15) is 22.8 Å². The normalized spacial score (nSPS) is 11.5. The van der Waals surface area contributed by atoms with Crippen LogP contribution in [0.2, 0.25) is 0 Å². The molecule has 0 atom stereocenters. The molecule has 6 nitrogen and oxygen atoms in total. The second-order valence-electron chi connectivity index (χ2n) is 6.77. The van der Waals surface area contributed by atoms with E-state index < -0.39 is 30.4 Å². The Bertz CT molecular complexity index is 1110. The summed E-state index contributed by atoms with van der Waals surface area (Å²) in [6.07, 6.45) is -4.71. The number of aryl methyl sites for hydroxylation is 1. The highest BCUT2D eigenvalue weighted by molar-refractivity contribution is 9.10. The van der Waals surface area contributed by atoms with Crippen LogP contribution in [-0.4, -0.2) is 39.9 Å². The molecule has 0 bridgehead atoms. The first-order chi connectivity index (χ1) is 14.1. The lowest BCUT2D eigenvalue weighted by molar-refractivity contribution is -0.148. The molecule has 1 aromatic heterocycles. The number of amides is 2. The molecule has 1 N–H and O–H groups in total. The quantitative estimate of drug-likeness (QED) is 0.591. The van der Waals surface area contributed by atoms with Crippen molar-refractivity contribution in [3.63, 3.8) is 0 Å². The van der Waals surface area contributed by atoms with Crippen LogP contribution in [0, 0.1) is 6.92 Å². The van der Waals surface area contributed by atoms with Gasteiger partial charge >= 0.3 is 6.18 Å². The SMILES string of the molecule is Cc1cc(Br)ccc1NC(=O)CN(C)C(=O)Cn1c(C(F)(F)F)nc2ccccc21. The van der Waals surface area contributed by atoms with Gasteiger partial charge in [-0.25, -0.2) is 4.98 Å². The zero-order valence-corrected chi connectivity index (χ0v) is 17.7. The Morgan fingerprint density at radius 1 is 1.20 bits per heavy atom. The topological polar surface area (TPSA) is 67.2 Å². The molecule has 0 aliphatic heterocycles. The van der Waals surface area contributed by atoms with Crippen LogP contribution < -0.4 is 5.32 Å². The van der Waals surface area contributed by atoms with Crippen molar-refractivity contribution in [2.75, 3.05) is 18.9 Å². The minimum absolute atomic E-state index is 0.142.